The first kappa shape index (κ1) is 14.3. The molecule has 2 aliphatic rings. The van der Waals surface area contributed by atoms with Crippen molar-refractivity contribution >= 4 is 11.9 Å². The van der Waals surface area contributed by atoms with E-state index in [2.05, 4.69) is 5.32 Å². The van der Waals surface area contributed by atoms with Crippen LogP contribution in [0.15, 0.2) is 0 Å². The Morgan fingerprint density at radius 1 is 1.00 bits per heavy atom. The van der Waals surface area contributed by atoms with Crippen LogP contribution in [0, 0.1) is 11.8 Å². The van der Waals surface area contributed by atoms with Crippen LogP contribution < -0.4 is 5.32 Å². The van der Waals surface area contributed by atoms with Crippen molar-refractivity contribution in [2.75, 3.05) is 20.1 Å². The van der Waals surface area contributed by atoms with Crippen molar-refractivity contribution in [3.05, 3.63) is 0 Å². The van der Waals surface area contributed by atoms with E-state index < -0.39 is 5.97 Å². The molecule has 5 heteroatoms. The number of amides is 1. The largest absolute Gasteiger partial charge is 0.481 e. The zero-order valence-electron chi connectivity index (χ0n) is 11.6. The third-order valence-corrected chi connectivity index (χ3v) is 4.64. The molecular weight excluding hydrogens is 244 g/mol. The summed E-state index contributed by atoms with van der Waals surface area (Å²) in [6, 6.07) is 0.534. The van der Waals surface area contributed by atoms with E-state index in [1.807, 2.05) is 11.9 Å². The molecule has 0 bridgehead atoms. The van der Waals surface area contributed by atoms with Crippen LogP contribution in [0.2, 0.25) is 0 Å². The number of hydrogen-bond donors (Lipinski definition) is 2. The predicted molar refractivity (Wildman–Crippen MR) is 71.7 cm³/mol. The van der Waals surface area contributed by atoms with Gasteiger partial charge in [0.2, 0.25) is 5.91 Å². The third-order valence-electron chi connectivity index (χ3n) is 4.64. The maximum atomic E-state index is 12.4. The van der Waals surface area contributed by atoms with E-state index in [-0.39, 0.29) is 17.7 Å². The number of nitrogens with one attached hydrogen (secondary N) is 1. The number of nitrogens with zero attached hydrogens (tertiary/aromatic N) is 1. The normalized spacial score (nSPS) is 29.2. The van der Waals surface area contributed by atoms with Gasteiger partial charge in [-0.2, -0.15) is 0 Å². The molecule has 2 N–H and O–H groups in total. The Morgan fingerprint density at radius 2 is 1.53 bits per heavy atom. The number of carboxylic acids is 1. The lowest BCUT2D eigenvalue weighted by molar-refractivity contribution is -0.146. The number of likely N-dealkylation sites (tertiary alicyclic amines) is 1. The molecule has 0 aromatic rings. The molecule has 1 aliphatic heterocycles. The second kappa shape index (κ2) is 6.37. The van der Waals surface area contributed by atoms with Gasteiger partial charge in [0, 0.05) is 25.0 Å². The fraction of sp³-hybridized carbons (Fsp3) is 0.857. The zero-order valence-corrected chi connectivity index (χ0v) is 11.6. The highest BCUT2D eigenvalue weighted by Crippen LogP contribution is 2.30. The molecule has 1 saturated carbocycles. The lowest BCUT2D eigenvalue weighted by atomic mass is 9.81. The highest BCUT2D eigenvalue weighted by molar-refractivity contribution is 5.79. The van der Waals surface area contributed by atoms with Crippen LogP contribution in [0.3, 0.4) is 0 Å². The van der Waals surface area contributed by atoms with E-state index in [4.69, 9.17) is 5.11 Å². The van der Waals surface area contributed by atoms with Gasteiger partial charge < -0.3 is 15.3 Å². The van der Waals surface area contributed by atoms with Crippen LogP contribution in [-0.4, -0.2) is 48.1 Å². The molecule has 1 saturated heterocycles. The summed E-state index contributed by atoms with van der Waals surface area (Å²) in [5.74, 6) is -0.639. The molecule has 5 nitrogen and oxygen atoms in total. The molecule has 0 atom stereocenters. The Hall–Kier alpha value is -1.10. The smallest absolute Gasteiger partial charge is 0.306 e. The summed E-state index contributed by atoms with van der Waals surface area (Å²) in [5.41, 5.74) is 0. The SMILES string of the molecule is CNC1CCN(C(=O)C2CCC(C(=O)O)CC2)CC1. The van der Waals surface area contributed by atoms with Gasteiger partial charge in [0.15, 0.2) is 0 Å². The topological polar surface area (TPSA) is 69.6 Å². The number of aliphatic carboxylic acids is 1. The van der Waals surface area contributed by atoms with Crippen molar-refractivity contribution in [2.24, 2.45) is 11.8 Å². The molecule has 2 rings (SSSR count). The minimum Gasteiger partial charge on any atom is -0.481 e. The monoisotopic (exact) mass is 268 g/mol. The number of carbonyl (C=O) groups is 2. The highest BCUT2D eigenvalue weighted by atomic mass is 16.4. The molecule has 19 heavy (non-hydrogen) atoms. The van der Waals surface area contributed by atoms with Crippen LogP contribution in [0.25, 0.3) is 0 Å². The summed E-state index contributed by atoms with van der Waals surface area (Å²) in [6.45, 7) is 1.67. The lowest BCUT2D eigenvalue weighted by Gasteiger charge is -2.35. The van der Waals surface area contributed by atoms with Gasteiger partial charge in [0.25, 0.3) is 0 Å². The summed E-state index contributed by atoms with van der Waals surface area (Å²) in [4.78, 5) is 25.3. The fourth-order valence-corrected chi connectivity index (χ4v) is 3.23. The zero-order chi connectivity index (χ0) is 13.8. The van der Waals surface area contributed by atoms with Gasteiger partial charge in [-0.05, 0) is 45.6 Å². The maximum absolute atomic E-state index is 12.4. The minimum atomic E-state index is -0.708. The Balaban J connectivity index is 1.80. The molecule has 0 aromatic heterocycles. The van der Waals surface area contributed by atoms with Crippen molar-refractivity contribution in [3.63, 3.8) is 0 Å². The fourth-order valence-electron chi connectivity index (χ4n) is 3.23. The van der Waals surface area contributed by atoms with E-state index in [1.54, 1.807) is 0 Å². The molecule has 0 spiro atoms. The minimum absolute atomic E-state index is 0.0572. The standard InChI is InChI=1S/C14H24N2O3/c1-15-12-6-8-16(9-7-12)13(17)10-2-4-11(5-3-10)14(18)19/h10-12,15H,2-9H2,1H3,(H,18,19). The lowest BCUT2D eigenvalue weighted by Crippen LogP contribution is -2.46. The van der Waals surface area contributed by atoms with E-state index in [1.165, 1.54) is 0 Å². The van der Waals surface area contributed by atoms with Gasteiger partial charge in [0.05, 0.1) is 5.92 Å². The predicted octanol–water partition coefficient (Wildman–Crippen LogP) is 1.09. The molecule has 2 fully saturated rings. The van der Waals surface area contributed by atoms with Gasteiger partial charge in [0.1, 0.15) is 0 Å². The van der Waals surface area contributed by atoms with Crippen molar-refractivity contribution < 1.29 is 14.7 Å². The van der Waals surface area contributed by atoms with Gasteiger partial charge >= 0.3 is 5.97 Å². The third kappa shape index (κ3) is 3.47. The molecule has 0 aromatic carbocycles. The van der Waals surface area contributed by atoms with Crippen LogP contribution >= 0.6 is 0 Å². The number of carboxylic acid groups (broad SMARTS) is 1. The van der Waals surface area contributed by atoms with Gasteiger partial charge in [-0.3, -0.25) is 9.59 Å². The van der Waals surface area contributed by atoms with Crippen LogP contribution in [0.1, 0.15) is 38.5 Å². The molecule has 1 aliphatic carbocycles. The average Bonchev–Trinajstić information content (AvgIpc) is 2.46. The van der Waals surface area contributed by atoms with Crippen molar-refractivity contribution in [1.82, 2.24) is 10.2 Å². The Labute approximate surface area is 114 Å². The van der Waals surface area contributed by atoms with Gasteiger partial charge in [-0.25, -0.2) is 0 Å². The van der Waals surface area contributed by atoms with Crippen LogP contribution in [0.5, 0.6) is 0 Å². The highest BCUT2D eigenvalue weighted by Gasteiger charge is 2.33. The first-order valence-electron chi connectivity index (χ1n) is 7.30. The summed E-state index contributed by atoms with van der Waals surface area (Å²) in [6.07, 6.45) is 4.82. The Kier molecular flexibility index (Phi) is 4.80. The molecule has 1 amide bonds. The number of carbonyl (C=O) groups excluding carboxylic acids is 1. The quantitative estimate of drug-likeness (QED) is 0.804. The average molecular weight is 268 g/mol. The summed E-state index contributed by atoms with van der Waals surface area (Å²) in [7, 11) is 1.97. The Morgan fingerprint density at radius 3 is 2.00 bits per heavy atom. The summed E-state index contributed by atoms with van der Waals surface area (Å²) >= 11 is 0. The summed E-state index contributed by atoms with van der Waals surface area (Å²) in [5, 5.41) is 12.2. The second-order valence-electron chi connectivity index (χ2n) is 5.78. The maximum Gasteiger partial charge on any atom is 0.306 e. The van der Waals surface area contributed by atoms with E-state index in [0.717, 1.165) is 38.8 Å². The molecule has 0 radical (unpaired) electrons. The first-order chi connectivity index (χ1) is 9.11. The first-order valence-corrected chi connectivity index (χ1v) is 7.30. The summed E-state index contributed by atoms with van der Waals surface area (Å²) < 4.78 is 0. The molecular formula is C14H24N2O3. The van der Waals surface area contributed by atoms with Crippen molar-refractivity contribution in [1.29, 1.82) is 0 Å². The second-order valence-corrected chi connectivity index (χ2v) is 5.78. The molecule has 1 heterocycles. The van der Waals surface area contributed by atoms with Crippen LogP contribution in [0.4, 0.5) is 0 Å². The van der Waals surface area contributed by atoms with Crippen LogP contribution in [-0.2, 0) is 9.59 Å². The van der Waals surface area contributed by atoms with Crippen molar-refractivity contribution in [3.8, 4) is 0 Å². The van der Waals surface area contributed by atoms with E-state index in [0.29, 0.717) is 18.9 Å². The molecule has 108 valence electrons. The van der Waals surface area contributed by atoms with Gasteiger partial charge in [-0.15, -0.1) is 0 Å². The van der Waals surface area contributed by atoms with E-state index in [9.17, 15) is 9.59 Å². The Bertz CT molecular complexity index is 330. The number of rotatable bonds is 3. The number of piperidine rings is 1. The number of hydrogen-bond acceptors (Lipinski definition) is 3. The van der Waals surface area contributed by atoms with Crippen molar-refractivity contribution in [2.45, 2.75) is 44.6 Å². The molecule has 0 unspecified atom stereocenters. The van der Waals surface area contributed by atoms with E-state index >= 15 is 0 Å². The van der Waals surface area contributed by atoms with Gasteiger partial charge in [-0.1, -0.05) is 0 Å².